The van der Waals surface area contributed by atoms with E-state index in [0.29, 0.717) is 35.2 Å². The van der Waals surface area contributed by atoms with Gasteiger partial charge in [0, 0.05) is 58.7 Å². The van der Waals surface area contributed by atoms with E-state index in [4.69, 9.17) is 10.7 Å². The van der Waals surface area contributed by atoms with Crippen LogP contribution in [-0.2, 0) is 20.1 Å². The molecule has 3 aromatic carbocycles. The first-order valence-corrected chi connectivity index (χ1v) is 11.6. The molecular weight excluding hydrogens is 495 g/mol. The Kier molecular flexibility index (Phi) is 5.89. The van der Waals surface area contributed by atoms with Crippen LogP contribution in [0.15, 0.2) is 77.4 Å². The molecule has 0 fully saturated rings. The maximum absolute atomic E-state index is 14.1. The Morgan fingerprint density at radius 3 is 2.56 bits per heavy atom. The first kappa shape index (κ1) is 22.3. The molecule has 1 amide bonds. The number of nitrogens with one attached hydrogen (secondary N) is 1. The van der Waals surface area contributed by atoms with Gasteiger partial charge in [-0.1, -0.05) is 40.2 Å². The lowest BCUT2D eigenvalue weighted by atomic mass is 10.0. The van der Waals surface area contributed by atoms with Gasteiger partial charge in [0.2, 0.25) is 0 Å². The van der Waals surface area contributed by atoms with E-state index >= 15 is 0 Å². The van der Waals surface area contributed by atoms with E-state index < -0.39 is 5.82 Å². The molecular formula is C27H22BrFN4O. The second-order valence-electron chi connectivity index (χ2n) is 8.23. The SMILES string of the molecule is Cn1cc(-c2cc(C(=O)NCc3ccc(CN)cc3)c3ccc(F)cc3n2)c2cc(Br)ccc21. The summed E-state index contributed by atoms with van der Waals surface area (Å²) in [5, 5.41) is 4.58. The number of hydrogen-bond donors (Lipinski definition) is 2. The van der Waals surface area contributed by atoms with Gasteiger partial charge in [-0.2, -0.15) is 0 Å². The molecule has 7 heteroatoms. The number of amides is 1. The number of aryl methyl sites for hydroxylation is 1. The summed E-state index contributed by atoms with van der Waals surface area (Å²) in [6, 6.07) is 19.9. The summed E-state index contributed by atoms with van der Waals surface area (Å²) in [6.45, 7) is 0.838. The zero-order chi connectivity index (χ0) is 23.8. The summed E-state index contributed by atoms with van der Waals surface area (Å²) in [6.07, 6.45) is 1.98. The summed E-state index contributed by atoms with van der Waals surface area (Å²) in [4.78, 5) is 18.0. The van der Waals surface area contributed by atoms with E-state index in [1.807, 2.05) is 60.3 Å². The average molecular weight is 517 g/mol. The lowest BCUT2D eigenvalue weighted by molar-refractivity contribution is 0.0952. The molecule has 170 valence electrons. The molecule has 5 aromatic rings. The molecule has 0 aliphatic carbocycles. The number of carbonyl (C=O) groups is 1. The van der Waals surface area contributed by atoms with Crippen molar-refractivity contribution in [1.82, 2.24) is 14.9 Å². The third kappa shape index (κ3) is 4.20. The highest BCUT2D eigenvalue weighted by molar-refractivity contribution is 9.10. The molecule has 0 saturated heterocycles. The third-order valence-corrected chi connectivity index (χ3v) is 6.45. The number of benzene rings is 3. The van der Waals surface area contributed by atoms with Crippen molar-refractivity contribution in [2.45, 2.75) is 13.1 Å². The maximum Gasteiger partial charge on any atom is 0.252 e. The van der Waals surface area contributed by atoms with Crippen LogP contribution in [-0.4, -0.2) is 15.5 Å². The molecule has 2 aromatic heterocycles. The Labute approximate surface area is 204 Å². The van der Waals surface area contributed by atoms with Crippen LogP contribution in [0.1, 0.15) is 21.5 Å². The highest BCUT2D eigenvalue weighted by Gasteiger charge is 2.17. The number of halogens is 2. The van der Waals surface area contributed by atoms with Crippen LogP contribution in [0.4, 0.5) is 4.39 Å². The van der Waals surface area contributed by atoms with Crippen LogP contribution in [0, 0.1) is 5.82 Å². The first-order valence-electron chi connectivity index (χ1n) is 10.8. The number of carbonyl (C=O) groups excluding carboxylic acids is 1. The zero-order valence-corrected chi connectivity index (χ0v) is 20.1. The van der Waals surface area contributed by atoms with E-state index in [-0.39, 0.29) is 5.91 Å². The first-order chi connectivity index (χ1) is 16.4. The van der Waals surface area contributed by atoms with Crippen molar-refractivity contribution in [2.75, 3.05) is 0 Å². The van der Waals surface area contributed by atoms with Crippen LogP contribution in [0.5, 0.6) is 0 Å². The molecule has 0 bridgehead atoms. The lowest BCUT2D eigenvalue weighted by Crippen LogP contribution is -2.23. The number of aromatic nitrogens is 2. The van der Waals surface area contributed by atoms with Gasteiger partial charge in [-0.3, -0.25) is 4.79 Å². The molecule has 0 atom stereocenters. The van der Waals surface area contributed by atoms with Crippen molar-refractivity contribution < 1.29 is 9.18 Å². The topological polar surface area (TPSA) is 72.9 Å². The van der Waals surface area contributed by atoms with Gasteiger partial charge < -0.3 is 15.6 Å². The van der Waals surface area contributed by atoms with Gasteiger partial charge in [-0.05, 0) is 47.5 Å². The smallest absolute Gasteiger partial charge is 0.252 e. The number of pyridine rings is 1. The molecule has 2 heterocycles. The van der Waals surface area contributed by atoms with Crippen LogP contribution < -0.4 is 11.1 Å². The fraction of sp³-hybridized carbons (Fsp3) is 0.111. The van der Waals surface area contributed by atoms with E-state index in [9.17, 15) is 9.18 Å². The predicted octanol–water partition coefficient (Wildman–Crippen LogP) is 5.68. The summed E-state index contributed by atoms with van der Waals surface area (Å²) in [5.74, 6) is -0.645. The molecule has 0 aliphatic rings. The minimum absolute atomic E-state index is 0.246. The van der Waals surface area contributed by atoms with Crippen LogP contribution in [0.3, 0.4) is 0 Å². The molecule has 0 spiro atoms. The molecule has 0 radical (unpaired) electrons. The second-order valence-corrected chi connectivity index (χ2v) is 9.15. The van der Waals surface area contributed by atoms with Gasteiger partial charge in [-0.25, -0.2) is 9.37 Å². The number of rotatable bonds is 5. The standard InChI is InChI=1S/C27H22BrFN4O/c1-33-15-23(21-10-18(28)6-9-26(21)33)25-12-22(20-8-7-19(29)11-24(20)32-25)27(34)31-14-17-4-2-16(13-30)3-5-17/h2-12,15H,13-14,30H2,1H3,(H,31,34). The molecule has 0 unspecified atom stereocenters. The zero-order valence-electron chi connectivity index (χ0n) is 18.5. The average Bonchev–Trinajstić information content (AvgIpc) is 3.17. The lowest BCUT2D eigenvalue weighted by Gasteiger charge is -2.11. The van der Waals surface area contributed by atoms with Gasteiger partial charge in [-0.15, -0.1) is 0 Å². The quantitative estimate of drug-likeness (QED) is 0.315. The van der Waals surface area contributed by atoms with Crippen LogP contribution in [0.25, 0.3) is 33.1 Å². The Balaban J connectivity index is 1.58. The summed E-state index contributed by atoms with van der Waals surface area (Å²) < 4.78 is 17.0. The van der Waals surface area contributed by atoms with Gasteiger partial charge in [0.15, 0.2) is 0 Å². The van der Waals surface area contributed by atoms with E-state index in [1.54, 1.807) is 12.1 Å². The largest absolute Gasteiger partial charge is 0.350 e. The predicted molar refractivity (Wildman–Crippen MR) is 137 cm³/mol. The number of fused-ring (bicyclic) bond motifs is 2. The van der Waals surface area contributed by atoms with Gasteiger partial charge >= 0.3 is 0 Å². The van der Waals surface area contributed by atoms with Crippen molar-refractivity contribution >= 4 is 43.6 Å². The summed E-state index contributed by atoms with van der Waals surface area (Å²) in [5.41, 5.74) is 11.1. The fourth-order valence-corrected chi connectivity index (χ4v) is 4.53. The van der Waals surface area contributed by atoms with Crippen LogP contribution in [0.2, 0.25) is 0 Å². The Bertz CT molecular complexity index is 1540. The van der Waals surface area contributed by atoms with Crippen molar-refractivity contribution in [3.05, 3.63) is 99.9 Å². The molecule has 5 nitrogen and oxygen atoms in total. The Morgan fingerprint density at radius 2 is 1.79 bits per heavy atom. The highest BCUT2D eigenvalue weighted by Crippen LogP contribution is 2.33. The van der Waals surface area contributed by atoms with Gasteiger partial charge in [0.1, 0.15) is 5.82 Å². The Hall–Kier alpha value is -3.55. The summed E-state index contributed by atoms with van der Waals surface area (Å²) in [7, 11) is 1.96. The van der Waals surface area contributed by atoms with E-state index in [1.165, 1.54) is 12.1 Å². The number of nitrogens with zero attached hydrogens (tertiary/aromatic N) is 2. The molecule has 3 N–H and O–H groups in total. The molecule has 0 aliphatic heterocycles. The third-order valence-electron chi connectivity index (χ3n) is 5.96. The normalized spacial score (nSPS) is 11.3. The molecule has 34 heavy (non-hydrogen) atoms. The van der Waals surface area contributed by atoms with Crippen molar-refractivity contribution in [2.24, 2.45) is 12.8 Å². The fourth-order valence-electron chi connectivity index (χ4n) is 4.17. The van der Waals surface area contributed by atoms with Crippen molar-refractivity contribution in [3.8, 4) is 11.3 Å². The van der Waals surface area contributed by atoms with E-state index in [2.05, 4.69) is 21.2 Å². The van der Waals surface area contributed by atoms with Crippen molar-refractivity contribution in [3.63, 3.8) is 0 Å². The Morgan fingerprint density at radius 1 is 1.03 bits per heavy atom. The van der Waals surface area contributed by atoms with Crippen LogP contribution >= 0.6 is 15.9 Å². The highest BCUT2D eigenvalue weighted by atomic mass is 79.9. The second kappa shape index (κ2) is 9.00. The monoisotopic (exact) mass is 516 g/mol. The number of nitrogens with two attached hydrogens (primary N) is 1. The minimum atomic E-state index is -0.399. The van der Waals surface area contributed by atoms with E-state index in [0.717, 1.165) is 32.1 Å². The molecule has 0 saturated carbocycles. The molecule has 5 rings (SSSR count). The van der Waals surface area contributed by atoms with Gasteiger partial charge in [0.05, 0.1) is 16.8 Å². The summed E-state index contributed by atoms with van der Waals surface area (Å²) >= 11 is 3.54. The van der Waals surface area contributed by atoms with Crippen molar-refractivity contribution in [1.29, 1.82) is 0 Å². The maximum atomic E-state index is 14.1. The van der Waals surface area contributed by atoms with Gasteiger partial charge in [0.25, 0.3) is 5.91 Å². The minimum Gasteiger partial charge on any atom is -0.350 e. The number of hydrogen-bond acceptors (Lipinski definition) is 3.